The van der Waals surface area contributed by atoms with Crippen LogP contribution in [0.3, 0.4) is 0 Å². The lowest BCUT2D eigenvalue weighted by Gasteiger charge is -2.36. The van der Waals surface area contributed by atoms with Gasteiger partial charge in [-0.05, 0) is 52.3 Å². The number of halogens is 1. The number of sulfone groups is 1. The summed E-state index contributed by atoms with van der Waals surface area (Å²) < 4.78 is 23.8. The molecule has 0 aromatic heterocycles. The molecule has 1 fully saturated rings. The van der Waals surface area contributed by atoms with Crippen LogP contribution in [-0.2, 0) is 9.84 Å². The minimum Gasteiger partial charge on any atom is -0.368 e. The summed E-state index contributed by atoms with van der Waals surface area (Å²) >= 11 is 3.24. The monoisotopic (exact) mass is 447 g/mol. The number of hydrogen-bond acceptors (Lipinski definition) is 5. The van der Waals surface area contributed by atoms with E-state index in [0.29, 0.717) is 41.8 Å². The molecular formula is C19H18BrN3O3S. The Morgan fingerprint density at radius 1 is 1.11 bits per heavy atom. The lowest BCUT2D eigenvalue weighted by molar-refractivity contribution is 0.0746. The molecule has 0 saturated carbocycles. The molecule has 1 aliphatic heterocycles. The topological polar surface area (TPSA) is 81.5 Å². The lowest BCUT2D eigenvalue weighted by atomic mass is 10.1. The minimum atomic E-state index is -3.35. The molecular weight excluding hydrogens is 430 g/mol. The van der Waals surface area contributed by atoms with E-state index in [9.17, 15) is 13.2 Å². The van der Waals surface area contributed by atoms with Gasteiger partial charge in [-0.3, -0.25) is 4.79 Å². The molecule has 0 N–H and O–H groups in total. The number of amides is 1. The van der Waals surface area contributed by atoms with Gasteiger partial charge in [0.1, 0.15) is 0 Å². The van der Waals surface area contributed by atoms with Crippen LogP contribution in [0.2, 0.25) is 0 Å². The number of benzene rings is 2. The molecule has 0 radical (unpaired) electrons. The number of hydrogen-bond donors (Lipinski definition) is 0. The van der Waals surface area contributed by atoms with E-state index in [4.69, 9.17) is 5.26 Å². The van der Waals surface area contributed by atoms with E-state index in [1.54, 1.807) is 23.1 Å². The number of anilines is 1. The summed E-state index contributed by atoms with van der Waals surface area (Å²) in [5, 5.41) is 9.03. The summed E-state index contributed by atoms with van der Waals surface area (Å²) in [6.45, 7) is 2.45. The van der Waals surface area contributed by atoms with Gasteiger partial charge in [-0.15, -0.1) is 0 Å². The highest BCUT2D eigenvalue weighted by molar-refractivity contribution is 9.10. The van der Waals surface area contributed by atoms with Gasteiger partial charge >= 0.3 is 0 Å². The molecule has 1 amide bonds. The predicted molar refractivity (Wildman–Crippen MR) is 107 cm³/mol. The molecule has 2 aromatic rings. The quantitative estimate of drug-likeness (QED) is 0.722. The highest BCUT2D eigenvalue weighted by Gasteiger charge is 2.23. The van der Waals surface area contributed by atoms with Crippen molar-refractivity contribution in [2.75, 3.05) is 37.3 Å². The first-order valence-corrected chi connectivity index (χ1v) is 11.0. The molecule has 0 unspecified atom stereocenters. The Labute approximate surface area is 167 Å². The van der Waals surface area contributed by atoms with Crippen molar-refractivity contribution < 1.29 is 13.2 Å². The second-order valence-corrected chi connectivity index (χ2v) is 9.20. The molecule has 0 atom stereocenters. The highest BCUT2D eigenvalue weighted by atomic mass is 79.9. The molecule has 8 heteroatoms. The van der Waals surface area contributed by atoms with Gasteiger partial charge in [0.25, 0.3) is 5.91 Å². The zero-order valence-electron chi connectivity index (χ0n) is 14.7. The molecule has 6 nitrogen and oxygen atoms in total. The van der Waals surface area contributed by atoms with Crippen molar-refractivity contribution in [1.29, 1.82) is 5.26 Å². The molecule has 2 aromatic carbocycles. The molecule has 27 heavy (non-hydrogen) atoms. The number of piperazine rings is 1. The minimum absolute atomic E-state index is 0.124. The van der Waals surface area contributed by atoms with E-state index in [1.165, 1.54) is 6.07 Å². The summed E-state index contributed by atoms with van der Waals surface area (Å²) in [5.74, 6) is -0.124. The second kappa shape index (κ2) is 7.71. The summed E-state index contributed by atoms with van der Waals surface area (Å²) in [4.78, 5) is 16.8. The van der Waals surface area contributed by atoms with Crippen LogP contribution in [-0.4, -0.2) is 51.7 Å². The largest absolute Gasteiger partial charge is 0.368 e. The van der Waals surface area contributed by atoms with Gasteiger partial charge in [0.05, 0.1) is 16.5 Å². The Bertz CT molecular complexity index is 1020. The standard InChI is InChI=1S/C19H18BrN3O3S/c1-27(25,26)18-6-5-15(12-17(18)20)19(24)23-9-7-22(8-10-23)16-4-2-3-14(11-16)13-21/h2-6,11-12H,7-10H2,1H3. The van der Waals surface area contributed by atoms with Crippen molar-refractivity contribution in [2.24, 2.45) is 0 Å². The number of nitriles is 1. The normalized spacial score (nSPS) is 14.7. The van der Waals surface area contributed by atoms with E-state index < -0.39 is 9.84 Å². The fraction of sp³-hybridized carbons (Fsp3) is 0.263. The maximum Gasteiger partial charge on any atom is 0.254 e. The van der Waals surface area contributed by atoms with Gasteiger partial charge in [-0.2, -0.15) is 5.26 Å². The summed E-state index contributed by atoms with van der Waals surface area (Å²) in [7, 11) is -3.35. The Morgan fingerprint density at radius 2 is 1.81 bits per heavy atom. The Balaban J connectivity index is 1.70. The van der Waals surface area contributed by atoms with Crippen LogP contribution in [0.4, 0.5) is 5.69 Å². The van der Waals surface area contributed by atoms with Crippen molar-refractivity contribution in [2.45, 2.75) is 4.90 Å². The number of nitrogens with zero attached hydrogens (tertiary/aromatic N) is 3. The summed E-state index contributed by atoms with van der Waals surface area (Å²) in [6, 6.07) is 14.1. The van der Waals surface area contributed by atoms with E-state index >= 15 is 0 Å². The first kappa shape index (κ1) is 19.4. The van der Waals surface area contributed by atoms with Crippen molar-refractivity contribution in [3.05, 3.63) is 58.1 Å². The fourth-order valence-electron chi connectivity index (χ4n) is 3.06. The fourth-order valence-corrected chi connectivity index (χ4v) is 5.05. The molecule has 1 heterocycles. The molecule has 1 saturated heterocycles. The third-order valence-corrected chi connectivity index (χ3v) is 6.56. The van der Waals surface area contributed by atoms with Crippen LogP contribution in [0.5, 0.6) is 0 Å². The number of carbonyl (C=O) groups excluding carboxylic acids is 1. The average molecular weight is 448 g/mol. The van der Waals surface area contributed by atoms with E-state index in [2.05, 4.69) is 26.9 Å². The summed E-state index contributed by atoms with van der Waals surface area (Å²) in [5.41, 5.74) is 2.04. The molecule has 3 rings (SSSR count). The number of rotatable bonds is 3. The van der Waals surface area contributed by atoms with Crippen molar-refractivity contribution in [3.63, 3.8) is 0 Å². The Kier molecular flexibility index (Phi) is 5.53. The Morgan fingerprint density at radius 3 is 2.41 bits per heavy atom. The summed E-state index contributed by atoms with van der Waals surface area (Å²) in [6.07, 6.45) is 1.13. The van der Waals surface area contributed by atoms with Crippen LogP contribution in [0.25, 0.3) is 0 Å². The maximum absolute atomic E-state index is 12.8. The van der Waals surface area contributed by atoms with E-state index in [1.807, 2.05) is 18.2 Å². The van der Waals surface area contributed by atoms with Crippen LogP contribution in [0, 0.1) is 11.3 Å². The second-order valence-electron chi connectivity index (χ2n) is 6.36. The molecule has 0 spiro atoms. The van der Waals surface area contributed by atoms with Gasteiger partial charge in [0.15, 0.2) is 9.84 Å². The SMILES string of the molecule is CS(=O)(=O)c1ccc(C(=O)N2CCN(c3cccc(C#N)c3)CC2)cc1Br. The van der Waals surface area contributed by atoms with Crippen molar-refractivity contribution >= 4 is 37.4 Å². The number of carbonyl (C=O) groups is 1. The van der Waals surface area contributed by atoms with Crippen molar-refractivity contribution in [3.8, 4) is 6.07 Å². The zero-order valence-corrected chi connectivity index (χ0v) is 17.1. The van der Waals surface area contributed by atoms with E-state index in [-0.39, 0.29) is 10.8 Å². The maximum atomic E-state index is 12.8. The van der Waals surface area contributed by atoms with Gasteiger partial charge in [-0.25, -0.2) is 8.42 Å². The highest BCUT2D eigenvalue weighted by Crippen LogP contribution is 2.24. The van der Waals surface area contributed by atoms with Gasteiger partial charge in [0.2, 0.25) is 0 Å². The molecule has 1 aliphatic rings. The molecule has 0 aliphatic carbocycles. The van der Waals surface area contributed by atoms with Crippen LogP contribution in [0.1, 0.15) is 15.9 Å². The lowest BCUT2D eigenvalue weighted by Crippen LogP contribution is -2.48. The van der Waals surface area contributed by atoms with Crippen LogP contribution in [0.15, 0.2) is 51.8 Å². The molecule has 140 valence electrons. The zero-order chi connectivity index (χ0) is 19.6. The van der Waals surface area contributed by atoms with Gasteiger partial charge in [-0.1, -0.05) is 6.07 Å². The van der Waals surface area contributed by atoms with Gasteiger partial charge < -0.3 is 9.80 Å². The predicted octanol–water partition coefficient (Wildman–Crippen LogP) is 2.69. The average Bonchev–Trinajstić information content (AvgIpc) is 2.66. The molecule has 0 bridgehead atoms. The smallest absolute Gasteiger partial charge is 0.254 e. The van der Waals surface area contributed by atoms with E-state index in [0.717, 1.165) is 11.9 Å². The van der Waals surface area contributed by atoms with Crippen LogP contribution >= 0.6 is 15.9 Å². The van der Waals surface area contributed by atoms with Crippen LogP contribution < -0.4 is 4.90 Å². The van der Waals surface area contributed by atoms with Crippen molar-refractivity contribution in [1.82, 2.24) is 4.90 Å². The first-order valence-electron chi connectivity index (χ1n) is 8.33. The van der Waals surface area contributed by atoms with Gasteiger partial charge in [0, 0.05) is 48.2 Å². The first-order chi connectivity index (χ1) is 12.8. The Hall–Kier alpha value is -2.37. The third kappa shape index (κ3) is 4.31. The third-order valence-electron chi connectivity index (χ3n) is 4.49.